The quantitative estimate of drug-likeness (QED) is 0.795. The Labute approximate surface area is 93.0 Å². The average Bonchev–Trinajstić information content (AvgIpc) is 2.46. The number of halogens is 1. The summed E-state index contributed by atoms with van der Waals surface area (Å²) in [6.45, 7) is -0.117. The van der Waals surface area contributed by atoms with Crippen molar-refractivity contribution in [3.8, 4) is 5.75 Å². The molecule has 0 saturated carbocycles. The van der Waals surface area contributed by atoms with Crippen molar-refractivity contribution in [2.75, 3.05) is 0 Å². The monoisotopic (exact) mass is 306 g/mol. The number of fused-ring (bicyclic) bond motifs is 1. The van der Waals surface area contributed by atoms with Crippen LogP contribution in [0.1, 0.15) is 5.56 Å². The van der Waals surface area contributed by atoms with E-state index in [1.54, 1.807) is 17.4 Å². The molecule has 0 unspecified atom stereocenters. The normalized spacial score (nSPS) is 10.9. The van der Waals surface area contributed by atoms with Crippen LogP contribution in [0, 0.1) is 3.57 Å². The highest BCUT2D eigenvalue weighted by Gasteiger charge is 2.06. The third-order valence-electron chi connectivity index (χ3n) is 1.90. The Morgan fingerprint density at radius 1 is 1.38 bits per heavy atom. The van der Waals surface area contributed by atoms with Crippen molar-refractivity contribution in [3.05, 3.63) is 26.6 Å². The summed E-state index contributed by atoms with van der Waals surface area (Å²) in [5.74, 6) is 0.174. The summed E-state index contributed by atoms with van der Waals surface area (Å²) < 4.78 is 2.21. The molecular formula is C9H7IO2S. The SMILES string of the molecule is OCc1cc2c(I)csc2cc1O. The van der Waals surface area contributed by atoms with Gasteiger partial charge in [0.15, 0.2) is 0 Å². The summed E-state index contributed by atoms with van der Waals surface area (Å²) in [5.41, 5.74) is 0.587. The van der Waals surface area contributed by atoms with E-state index in [-0.39, 0.29) is 12.4 Å². The van der Waals surface area contributed by atoms with Gasteiger partial charge in [0, 0.05) is 24.6 Å². The van der Waals surface area contributed by atoms with Crippen LogP contribution in [-0.4, -0.2) is 10.2 Å². The Balaban J connectivity index is 2.77. The molecule has 2 N–H and O–H groups in total. The Morgan fingerprint density at radius 2 is 2.15 bits per heavy atom. The Hall–Kier alpha value is -0.330. The fourth-order valence-corrected chi connectivity index (χ4v) is 3.05. The van der Waals surface area contributed by atoms with Gasteiger partial charge in [-0.05, 0) is 34.7 Å². The lowest BCUT2D eigenvalue weighted by Gasteiger charge is -2.00. The van der Waals surface area contributed by atoms with Gasteiger partial charge in [-0.15, -0.1) is 11.3 Å². The molecule has 1 heterocycles. The lowest BCUT2D eigenvalue weighted by molar-refractivity contribution is 0.276. The number of aromatic hydroxyl groups is 1. The van der Waals surface area contributed by atoms with Crippen molar-refractivity contribution in [3.63, 3.8) is 0 Å². The Bertz CT molecular complexity index is 450. The molecule has 0 amide bonds. The minimum absolute atomic E-state index is 0.117. The zero-order chi connectivity index (χ0) is 9.42. The van der Waals surface area contributed by atoms with E-state index in [9.17, 15) is 5.11 Å². The molecule has 0 aliphatic rings. The summed E-state index contributed by atoms with van der Waals surface area (Å²) in [7, 11) is 0. The number of rotatable bonds is 1. The van der Waals surface area contributed by atoms with E-state index < -0.39 is 0 Å². The van der Waals surface area contributed by atoms with Crippen molar-refractivity contribution >= 4 is 44.0 Å². The second-order valence-corrected chi connectivity index (χ2v) is 4.79. The van der Waals surface area contributed by atoms with Gasteiger partial charge in [-0.2, -0.15) is 0 Å². The molecule has 0 fully saturated rings. The molecule has 2 rings (SSSR count). The van der Waals surface area contributed by atoms with E-state index in [4.69, 9.17) is 5.11 Å². The fraction of sp³-hybridized carbons (Fsp3) is 0.111. The van der Waals surface area contributed by atoms with Gasteiger partial charge in [-0.25, -0.2) is 0 Å². The molecule has 0 aliphatic heterocycles. The molecule has 2 aromatic rings. The number of aliphatic hydroxyl groups excluding tert-OH is 1. The first-order valence-electron chi connectivity index (χ1n) is 3.72. The first kappa shape index (κ1) is 9.23. The lowest BCUT2D eigenvalue weighted by atomic mass is 10.1. The van der Waals surface area contributed by atoms with Gasteiger partial charge in [0.2, 0.25) is 0 Å². The van der Waals surface area contributed by atoms with Gasteiger partial charge in [-0.3, -0.25) is 0 Å². The highest BCUT2D eigenvalue weighted by molar-refractivity contribution is 14.1. The maximum Gasteiger partial charge on any atom is 0.122 e. The molecule has 0 bridgehead atoms. The summed E-state index contributed by atoms with van der Waals surface area (Å²) >= 11 is 3.84. The zero-order valence-electron chi connectivity index (χ0n) is 6.62. The number of phenols is 1. The van der Waals surface area contributed by atoms with E-state index in [0.717, 1.165) is 13.7 Å². The van der Waals surface area contributed by atoms with Crippen LogP contribution in [0.5, 0.6) is 5.75 Å². The molecule has 0 atom stereocenters. The molecule has 2 nitrogen and oxygen atoms in total. The van der Waals surface area contributed by atoms with Crippen molar-refractivity contribution in [2.45, 2.75) is 6.61 Å². The molecule has 4 heteroatoms. The average molecular weight is 306 g/mol. The molecule has 0 aliphatic carbocycles. The van der Waals surface area contributed by atoms with Gasteiger partial charge in [0.05, 0.1) is 6.61 Å². The van der Waals surface area contributed by atoms with Gasteiger partial charge < -0.3 is 10.2 Å². The van der Waals surface area contributed by atoms with E-state index in [1.165, 1.54) is 0 Å². The maximum atomic E-state index is 9.46. The van der Waals surface area contributed by atoms with Gasteiger partial charge in [-0.1, -0.05) is 0 Å². The van der Waals surface area contributed by atoms with Crippen LogP contribution >= 0.6 is 33.9 Å². The second kappa shape index (κ2) is 3.43. The first-order chi connectivity index (χ1) is 6.22. The van der Waals surface area contributed by atoms with Crippen molar-refractivity contribution in [1.29, 1.82) is 0 Å². The number of hydrogen-bond donors (Lipinski definition) is 2. The predicted molar refractivity (Wildman–Crippen MR) is 62.1 cm³/mol. The van der Waals surface area contributed by atoms with Crippen LogP contribution in [0.4, 0.5) is 0 Å². The number of benzene rings is 1. The van der Waals surface area contributed by atoms with Crippen LogP contribution in [-0.2, 0) is 6.61 Å². The van der Waals surface area contributed by atoms with Gasteiger partial charge in [0.25, 0.3) is 0 Å². The van der Waals surface area contributed by atoms with Crippen molar-refractivity contribution < 1.29 is 10.2 Å². The van der Waals surface area contributed by atoms with Crippen LogP contribution < -0.4 is 0 Å². The molecule has 0 spiro atoms. The topological polar surface area (TPSA) is 40.5 Å². The first-order valence-corrected chi connectivity index (χ1v) is 5.67. The Morgan fingerprint density at radius 3 is 2.85 bits per heavy atom. The number of aliphatic hydroxyl groups is 1. The van der Waals surface area contributed by atoms with Crippen LogP contribution in [0.2, 0.25) is 0 Å². The lowest BCUT2D eigenvalue weighted by Crippen LogP contribution is -1.83. The molecule has 1 aromatic heterocycles. The van der Waals surface area contributed by atoms with Crippen molar-refractivity contribution in [2.24, 2.45) is 0 Å². The standard InChI is InChI=1S/C9H7IO2S/c10-7-4-13-9-2-8(12)5(3-11)1-6(7)9/h1-2,4,11-12H,3H2. The zero-order valence-corrected chi connectivity index (χ0v) is 9.59. The van der Waals surface area contributed by atoms with E-state index >= 15 is 0 Å². The van der Waals surface area contributed by atoms with Crippen LogP contribution in [0.25, 0.3) is 10.1 Å². The van der Waals surface area contributed by atoms with Gasteiger partial charge >= 0.3 is 0 Å². The third-order valence-corrected chi connectivity index (χ3v) is 4.16. The largest absolute Gasteiger partial charge is 0.508 e. The summed E-state index contributed by atoms with van der Waals surface area (Å²) in [4.78, 5) is 0. The predicted octanol–water partition coefficient (Wildman–Crippen LogP) is 2.70. The smallest absolute Gasteiger partial charge is 0.122 e. The molecule has 0 radical (unpaired) electrons. The summed E-state index contributed by atoms with van der Waals surface area (Å²) in [6, 6.07) is 3.54. The third kappa shape index (κ3) is 1.53. The summed E-state index contributed by atoms with van der Waals surface area (Å²) in [5, 5.41) is 21.5. The van der Waals surface area contributed by atoms with E-state index in [0.29, 0.717) is 5.56 Å². The maximum absolute atomic E-state index is 9.46. The highest BCUT2D eigenvalue weighted by atomic mass is 127. The highest BCUT2D eigenvalue weighted by Crippen LogP contribution is 2.32. The Kier molecular flexibility index (Phi) is 2.44. The minimum atomic E-state index is -0.117. The summed E-state index contributed by atoms with van der Waals surface area (Å²) in [6.07, 6.45) is 0. The second-order valence-electron chi connectivity index (χ2n) is 2.72. The van der Waals surface area contributed by atoms with Crippen LogP contribution in [0.3, 0.4) is 0 Å². The fourth-order valence-electron chi connectivity index (χ4n) is 1.20. The van der Waals surface area contributed by atoms with E-state index in [2.05, 4.69) is 22.6 Å². The van der Waals surface area contributed by atoms with E-state index in [1.807, 2.05) is 11.4 Å². The molecule has 68 valence electrons. The van der Waals surface area contributed by atoms with Gasteiger partial charge in [0.1, 0.15) is 5.75 Å². The molecule has 1 aromatic carbocycles. The molecule has 13 heavy (non-hydrogen) atoms. The molecule has 0 saturated heterocycles. The number of thiophene rings is 1. The number of hydrogen-bond acceptors (Lipinski definition) is 3. The minimum Gasteiger partial charge on any atom is -0.508 e. The van der Waals surface area contributed by atoms with Crippen LogP contribution in [0.15, 0.2) is 17.5 Å². The van der Waals surface area contributed by atoms with Crippen molar-refractivity contribution in [1.82, 2.24) is 0 Å². The molecular weight excluding hydrogens is 299 g/mol.